The molecule has 0 spiro atoms. The fraction of sp³-hybridized carbons (Fsp3) is 0.375. The lowest BCUT2D eigenvalue weighted by Crippen LogP contribution is -2.14. The van der Waals surface area contributed by atoms with Crippen LogP contribution in [0.2, 0.25) is 0 Å². The molecule has 0 aliphatic heterocycles. The Balaban J connectivity index is 2.23. The molecule has 1 heterocycles. The molecule has 0 atom stereocenters. The minimum atomic E-state index is -0.248. The van der Waals surface area contributed by atoms with Crippen molar-refractivity contribution in [1.82, 2.24) is 5.16 Å². The normalized spacial score (nSPS) is 11.4. The third kappa shape index (κ3) is 2.90. The van der Waals surface area contributed by atoms with Gasteiger partial charge in [0.2, 0.25) is 0 Å². The SMILES string of the molecule is Cc1cccc(C)c1NC(=O)c1cc(C(C)(C)C)on1. The van der Waals surface area contributed by atoms with Gasteiger partial charge in [-0.2, -0.15) is 0 Å². The Morgan fingerprint density at radius 2 is 1.80 bits per heavy atom. The first-order chi connectivity index (χ1) is 9.29. The minimum Gasteiger partial charge on any atom is -0.360 e. The average molecular weight is 272 g/mol. The second-order valence-electron chi connectivity index (χ2n) is 6.05. The van der Waals surface area contributed by atoms with Crippen LogP contribution in [0.1, 0.15) is 48.1 Å². The van der Waals surface area contributed by atoms with Crippen LogP contribution in [0.3, 0.4) is 0 Å². The van der Waals surface area contributed by atoms with Crippen LogP contribution in [-0.4, -0.2) is 11.1 Å². The Kier molecular flexibility index (Phi) is 3.66. The van der Waals surface area contributed by atoms with Gasteiger partial charge >= 0.3 is 0 Å². The number of carbonyl (C=O) groups is 1. The Labute approximate surface area is 119 Å². The zero-order valence-corrected chi connectivity index (χ0v) is 12.6. The van der Waals surface area contributed by atoms with Crippen molar-refractivity contribution in [2.75, 3.05) is 5.32 Å². The summed E-state index contributed by atoms with van der Waals surface area (Å²) in [6.07, 6.45) is 0. The number of aryl methyl sites for hydroxylation is 2. The highest BCUT2D eigenvalue weighted by Gasteiger charge is 2.22. The van der Waals surface area contributed by atoms with Crippen molar-refractivity contribution in [3.05, 3.63) is 46.8 Å². The highest BCUT2D eigenvalue weighted by molar-refractivity contribution is 6.03. The standard InChI is InChI=1S/C16H20N2O2/c1-10-7-6-8-11(2)14(10)17-15(19)12-9-13(20-18-12)16(3,4)5/h6-9H,1-5H3,(H,17,19). The number of hydrogen-bond acceptors (Lipinski definition) is 3. The summed E-state index contributed by atoms with van der Waals surface area (Å²) >= 11 is 0. The molecule has 4 nitrogen and oxygen atoms in total. The largest absolute Gasteiger partial charge is 0.360 e. The van der Waals surface area contributed by atoms with Gasteiger partial charge in [0.25, 0.3) is 5.91 Å². The molecule has 2 aromatic rings. The lowest BCUT2D eigenvalue weighted by Gasteiger charge is -2.12. The molecule has 1 aromatic heterocycles. The number of nitrogens with one attached hydrogen (secondary N) is 1. The average Bonchev–Trinajstić information content (AvgIpc) is 2.83. The molecule has 4 heteroatoms. The number of nitrogens with zero attached hydrogens (tertiary/aromatic N) is 1. The Hall–Kier alpha value is -2.10. The van der Waals surface area contributed by atoms with Gasteiger partial charge in [0.1, 0.15) is 5.76 Å². The van der Waals surface area contributed by atoms with Crippen molar-refractivity contribution < 1.29 is 9.32 Å². The Morgan fingerprint density at radius 1 is 1.20 bits per heavy atom. The summed E-state index contributed by atoms with van der Waals surface area (Å²) in [6, 6.07) is 7.59. The van der Waals surface area contributed by atoms with Crippen molar-refractivity contribution in [3.63, 3.8) is 0 Å². The summed E-state index contributed by atoms with van der Waals surface area (Å²) in [5.41, 5.74) is 3.02. The molecule has 0 aliphatic carbocycles. The molecular weight excluding hydrogens is 252 g/mol. The lowest BCUT2D eigenvalue weighted by atomic mass is 9.93. The van der Waals surface area contributed by atoms with Crippen LogP contribution in [0.25, 0.3) is 0 Å². The highest BCUT2D eigenvalue weighted by atomic mass is 16.5. The second-order valence-corrected chi connectivity index (χ2v) is 6.05. The number of para-hydroxylation sites is 1. The van der Waals surface area contributed by atoms with Crippen LogP contribution in [0.15, 0.2) is 28.8 Å². The van der Waals surface area contributed by atoms with Crippen LogP contribution in [0.4, 0.5) is 5.69 Å². The molecule has 0 saturated carbocycles. The van der Waals surface area contributed by atoms with E-state index in [1.54, 1.807) is 6.07 Å². The summed E-state index contributed by atoms with van der Waals surface area (Å²) in [4.78, 5) is 12.2. The molecule has 1 amide bonds. The summed E-state index contributed by atoms with van der Waals surface area (Å²) in [7, 11) is 0. The van der Waals surface area contributed by atoms with Crippen molar-refractivity contribution >= 4 is 11.6 Å². The van der Waals surface area contributed by atoms with E-state index >= 15 is 0 Å². The van der Waals surface area contributed by atoms with Crippen LogP contribution >= 0.6 is 0 Å². The molecule has 106 valence electrons. The molecule has 0 radical (unpaired) electrons. The number of aromatic nitrogens is 1. The number of carbonyl (C=O) groups excluding carboxylic acids is 1. The first-order valence-electron chi connectivity index (χ1n) is 6.64. The van der Waals surface area contributed by atoms with Gasteiger partial charge in [-0.05, 0) is 25.0 Å². The van der Waals surface area contributed by atoms with Crippen LogP contribution in [0, 0.1) is 13.8 Å². The first kappa shape index (κ1) is 14.3. The number of anilines is 1. The number of benzene rings is 1. The maximum absolute atomic E-state index is 12.2. The van der Waals surface area contributed by atoms with Gasteiger partial charge < -0.3 is 9.84 Å². The van der Waals surface area contributed by atoms with E-state index < -0.39 is 0 Å². The molecule has 1 aromatic carbocycles. The van der Waals surface area contributed by atoms with Crippen LogP contribution < -0.4 is 5.32 Å². The number of rotatable bonds is 2. The van der Waals surface area contributed by atoms with E-state index in [1.165, 1.54) is 0 Å². The monoisotopic (exact) mass is 272 g/mol. The van der Waals surface area contributed by atoms with Crippen LogP contribution in [0.5, 0.6) is 0 Å². The molecule has 20 heavy (non-hydrogen) atoms. The number of amides is 1. The smallest absolute Gasteiger partial charge is 0.277 e. The molecular formula is C16H20N2O2. The fourth-order valence-electron chi connectivity index (χ4n) is 1.92. The minimum absolute atomic E-state index is 0.163. The summed E-state index contributed by atoms with van der Waals surface area (Å²) in [5.74, 6) is 0.450. The van der Waals surface area contributed by atoms with E-state index in [0.717, 1.165) is 16.8 Å². The van der Waals surface area contributed by atoms with E-state index in [0.29, 0.717) is 11.5 Å². The topological polar surface area (TPSA) is 55.1 Å². The van der Waals surface area contributed by atoms with E-state index in [-0.39, 0.29) is 11.3 Å². The third-order valence-corrected chi connectivity index (χ3v) is 3.20. The highest BCUT2D eigenvalue weighted by Crippen LogP contribution is 2.24. The molecule has 0 aliphatic rings. The van der Waals surface area contributed by atoms with Gasteiger partial charge in [-0.3, -0.25) is 4.79 Å². The Morgan fingerprint density at radius 3 is 2.30 bits per heavy atom. The maximum Gasteiger partial charge on any atom is 0.277 e. The first-order valence-corrected chi connectivity index (χ1v) is 6.64. The quantitative estimate of drug-likeness (QED) is 0.903. The molecule has 0 bridgehead atoms. The van der Waals surface area contributed by atoms with Gasteiger partial charge in [-0.1, -0.05) is 44.1 Å². The van der Waals surface area contributed by atoms with E-state index in [1.807, 2.05) is 52.8 Å². The summed E-state index contributed by atoms with van der Waals surface area (Å²) in [6.45, 7) is 9.97. The summed E-state index contributed by atoms with van der Waals surface area (Å²) in [5, 5.41) is 6.75. The van der Waals surface area contributed by atoms with Crippen molar-refractivity contribution in [2.24, 2.45) is 0 Å². The number of hydrogen-bond donors (Lipinski definition) is 1. The van der Waals surface area contributed by atoms with Gasteiger partial charge in [0.15, 0.2) is 5.69 Å². The fourth-order valence-corrected chi connectivity index (χ4v) is 1.92. The van der Waals surface area contributed by atoms with Gasteiger partial charge in [0.05, 0.1) is 0 Å². The zero-order chi connectivity index (χ0) is 14.9. The molecule has 1 N–H and O–H groups in total. The van der Waals surface area contributed by atoms with Crippen molar-refractivity contribution in [3.8, 4) is 0 Å². The van der Waals surface area contributed by atoms with Crippen LogP contribution in [-0.2, 0) is 5.41 Å². The zero-order valence-electron chi connectivity index (χ0n) is 12.6. The third-order valence-electron chi connectivity index (χ3n) is 3.20. The predicted molar refractivity (Wildman–Crippen MR) is 79.1 cm³/mol. The van der Waals surface area contributed by atoms with Gasteiger partial charge in [0, 0.05) is 17.2 Å². The van der Waals surface area contributed by atoms with E-state index in [4.69, 9.17) is 4.52 Å². The maximum atomic E-state index is 12.2. The Bertz CT molecular complexity index is 616. The summed E-state index contributed by atoms with van der Waals surface area (Å²) < 4.78 is 5.24. The molecule has 0 saturated heterocycles. The molecule has 2 rings (SSSR count). The van der Waals surface area contributed by atoms with E-state index in [2.05, 4.69) is 10.5 Å². The van der Waals surface area contributed by atoms with Crippen molar-refractivity contribution in [1.29, 1.82) is 0 Å². The lowest BCUT2D eigenvalue weighted by molar-refractivity contribution is 0.101. The van der Waals surface area contributed by atoms with E-state index in [9.17, 15) is 4.79 Å². The molecule has 0 fully saturated rings. The van der Waals surface area contributed by atoms with Gasteiger partial charge in [-0.15, -0.1) is 0 Å². The second kappa shape index (κ2) is 5.12. The molecule has 0 unspecified atom stereocenters. The van der Waals surface area contributed by atoms with Crippen molar-refractivity contribution in [2.45, 2.75) is 40.0 Å². The predicted octanol–water partition coefficient (Wildman–Crippen LogP) is 3.84. The van der Waals surface area contributed by atoms with Gasteiger partial charge in [-0.25, -0.2) is 0 Å².